The number of benzene rings is 9. The molecule has 7 nitrogen and oxygen atoms in total. The highest BCUT2D eigenvalue weighted by atomic mass is 19.4. The maximum Gasteiger partial charge on any atom is 0.416 e. The summed E-state index contributed by atoms with van der Waals surface area (Å²) in [4.78, 5) is 7.28. The maximum absolute atomic E-state index is 14.4. The van der Waals surface area contributed by atoms with Crippen LogP contribution in [0, 0.1) is 54.1 Å². The van der Waals surface area contributed by atoms with Crippen LogP contribution in [0.4, 0.5) is 24.5 Å². The van der Waals surface area contributed by atoms with Crippen LogP contribution in [-0.4, -0.2) is 9.13 Å². The number of para-hydroxylation sites is 2. The molecule has 0 amide bonds. The fourth-order valence-corrected chi connectivity index (χ4v) is 9.94. The smallest absolute Gasteiger partial charge is 0.309 e. The highest BCUT2D eigenvalue weighted by molar-refractivity contribution is 6.13. The zero-order valence-corrected chi connectivity index (χ0v) is 37.5. The van der Waals surface area contributed by atoms with Gasteiger partial charge in [0, 0.05) is 32.7 Å². The molecule has 332 valence electrons. The molecule has 71 heavy (non-hydrogen) atoms. The first-order valence-electron chi connectivity index (χ1n) is 22.3. The predicted octanol–water partition coefficient (Wildman–Crippen LogP) is 16.6. The van der Waals surface area contributed by atoms with Crippen LogP contribution in [0.25, 0.3) is 109 Å². The Kier molecular flexibility index (Phi) is 10.3. The Morgan fingerprint density at radius 1 is 0.451 bits per heavy atom. The van der Waals surface area contributed by atoms with Gasteiger partial charge in [0.2, 0.25) is 0 Å². The summed E-state index contributed by atoms with van der Waals surface area (Å²) < 4.78 is 47.5. The lowest BCUT2D eigenvalue weighted by molar-refractivity contribution is -0.137. The third-order valence-electron chi connectivity index (χ3n) is 13.1. The number of halogens is 3. The topological polar surface area (TPSA) is 90.0 Å². The van der Waals surface area contributed by atoms with E-state index in [1.165, 1.54) is 6.07 Å². The molecule has 0 atom stereocenters. The van der Waals surface area contributed by atoms with E-state index in [9.17, 15) is 29.0 Å². The van der Waals surface area contributed by atoms with Gasteiger partial charge in [-0.1, -0.05) is 91.0 Å². The van der Waals surface area contributed by atoms with Crippen molar-refractivity contribution in [2.24, 2.45) is 0 Å². The van der Waals surface area contributed by atoms with Crippen LogP contribution in [-0.2, 0) is 6.18 Å². The van der Waals surface area contributed by atoms with Crippen molar-refractivity contribution in [3.8, 4) is 74.1 Å². The van der Waals surface area contributed by atoms with Crippen LogP contribution in [0.2, 0.25) is 0 Å². The second kappa shape index (κ2) is 16.9. The first-order chi connectivity index (χ1) is 34.5. The number of hydrogen-bond acceptors (Lipinski definition) is 3. The molecule has 0 saturated heterocycles. The molecule has 0 radical (unpaired) electrons. The van der Waals surface area contributed by atoms with Crippen LogP contribution in [0.5, 0.6) is 0 Å². The number of alkyl halides is 3. The molecule has 0 unspecified atom stereocenters. The number of nitriles is 3. The third-order valence-corrected chi connectivity index (χ3v) is 13.1. The van der Waals surface area contributed by atoms with Crippen LogP contribution in [0.15, 0.2) is 176 Å². The highest BCUT2D eigenvalue weighted by Gasteiger charge is 2.31. The van der Waals surface area contributed by atoms with Gasteiger partial charge in [0.1, 0.15) is 0 Å². The fraction of sp³-hybridized carbons (Fsp3) is 0.0328. The fourth-order valence-electron chi connectivity index (χ4n) is 9.94. The zero-order chi connectivity index (χ0) is 49.1. The average Bonchev–Trinajstić information content (AvgIpc) is 3.91. The molecule has 0 saturated carbocycles. The van der Waals surface area contributed by atoms with E-state index in [1.807, 2.05) is 109 Å². The summed E-state index contributed by atoms with van der Waals surface area (Å²) in [6.07, 6.45) is -4.58. The van der Waals surface area contributed by atoms with Gasteiger partial charge in [0.25, 0.3) is 0 Å². The number of hydrogen-bond donors (Lipinski definition) is 0. The van der Waals surface area contributed by atoms with E-state index >= 15 is 0 Å². The van der Waals surface area contributed by atoms with Gasteiger partial charge in [-0.2, -0.15) is 29.0 Å². The van der Waals surface area contributed by atoms with Crippen molar-refractivity contribution >= 4 is 55.0 Å². The van der Waals surface area contributed by atoms with Gasteiger partial charge in [-0.3, -0.25) is 0 Å². The van der Waals surface area contributed by atoms with Crippen molar-refractivity contribution in [1.82, 2.24) is 9.13 Å². The molecular formula is C61H32F3N7. The molecule has 0 aliphatic heterocycles. The first-order valence-corrected chi connectivity index (χ1v) is 22.3. The summed E-state index contributed by atoms with van der Waals surface area (Å²) in [6, 6.07) is 59.9. The Balaban J connectivity index is 1.20. The van der Waals surface area contributed by atoms with Crippen LogP contribution in [0.3, 0.4) is 0 Å². The zero-order valence-electron chi connectivity index (χ0n) is 37.5. The lowest BCUT2D eigenvalue weighted by atomic mass is 9.94. The van der Waals surface area contributed by atoms with E-state index in [-0.39, 0.29) is 0 Å². The number of aryl methyl sites for hydroxylation is 1. The first kappa shape index (κ1) is 43.4. The number of nitrogens with zero attached hydrogens (tertiary/aromatic N) is 7. The van der Waals surface area contributed by atoms with Gasteiger partial charge in [0.15, 0.2) is 11.4 Å². The third kappa shape index (κ3) is 7.27. The molecule has 0 aliphatic carbocycles. The van der Waals surface area contributed by atoms with E-state index in [0.717, 1.165) is 66.5 Å². The summed E-state index contributed by atoms with van der Waals surface area (Å²) in [5.41, 5.74) is 11.5. The van der Waals surface area contributed by atoms with Crippen molar-refractivity contribution in [3.63, 3.8) is 0 Å². The van der Waals surface area contributed by atoms with Gasteiger partial charge >= 0.3 is 6.18 Å². The minimum atomic E-state index is -4.58. The lowest BCUT2D eigenvalue weighted by Crippen LogP contribution is -2.05. The normalized spacial score (nSPS) is 11.3. The highest BCUT2D eigenvalue weighted by Crippen LogP contribution is 2.45. The van der Waals surface area contributed by atoms with E-state index in [4.69, 9.17) is 13.1 Å². The molecule has 0 aliphatic rings. The summed E-state index contributed by atoms with van der Waals surface area (Å²) in [5.74, 6) is 0. The monoisotopic (exact) mass is 919 g/mol. The summed E-state index contributed by atoms with van der Waals surface area (Å²) in [5, 5.41) is 33.8. The number of aromatic nitrogens is 2. The molecule has 9 aromatic carbocycles. The van der Waals surface area contributed by atoms with Crippen LogP contribution < -0.4 is 0 Å². The molecule has 11 rings (SSSR count). The number of rotatable bonds is 6. The van der Waals surface area contributed by atoms with Crippen molar-refractivity contribution in [2.75, 3.05) is 0 Å². The van der Waals surface area contributed by atoms with Gasteiger partial charge in [-0.15, -0.1) is 0 Å². The molecular weight excluding hydrogens is 888 g/mol. The molecule has 10 heteroatoms. The van der Waals surface area contributed by atoms with Crippen LogP contribution >= 0.6 is 0 Å². The van der Waals surface area contributed by atoms with Crippen molar-refractivity contribution in [1.29, 1.82) is 15.8 Å². The Labute approximate surface area is 405 Å². The summed E-state index contributed by atoms with van der Waals surface area (Å²) >= 11 is 0. The average molecular weight is 920 g/mol. The van der Waals surface area contributed by atoms with E-state index in [2.05, 4.69) is 43.1 Å². The molecule has 0 N–H and O–H groups in total. The number of fused-ring (bicyclic) bond motifs is 6. The summed E-state index contributed by atoms with van der Waals surface area (Å²) in [7, 11) is 0. The lowest BCUT2D eigenvalue weighted by Gasteiger charge is -2.20. The molecule has 0 spiro atoms. The van der Waals surface area contributed by atoms with Crippen molar-refractivity contribution in [2.45, 2.75) is 13.1 Å². The van der Waals surface area contributed by atoms with E-state index in [0.29, 0.717) is 72.7 Å². The molecule has 0 fully saturated rings. The van der Waals surface area contributed by atoms with Gasteiger partial charge in [-0.25, -0.2) is 9.69 Å². The Bertz CT molecular complexity index is 4310. The van der Waals surface area contributed by atoms with Gasteiger partial charge < -0.3 is 9.13 Å². The molecule has 0 bridgehead atoms. The van der Waals surface area contributed by atoms with E-state index < -0.39 is 11.7 Å². The Morgan fingerprint density at radius 2 is 1.03 bits per heavy atom. The quantitative estimate of drug-likeness (QED) is 0.156. The maximum atomic E-state index is 14.4. The minimum Gasteiger partial charge on any atom is -0.309 e. The second-order valence-electron chi connectivity index (χ2n) is 17.2. The van der Waals surface area contributed by atoms with Crippen molar-refractivity contribution in [3.05, 3.63) is 227 Å². The standard InChI is InChI=1S/C61H32F3N7/c1-36-24-42(28-44(25-36)61(62,63)64)39-14-19-50(60(31-39)71-56-11-7-5-9-49(56)52-29-40(15-22-59(52)71)46-18-12-37(33-65)26-43(46)35-67)51-27-38(34-66)13-21-57(51)70-55-10-6-4-8-48(55)53-30-41(16-23-58(53)70)47-20-17-45(68-2)32-54(47)69-3/h4-32H,1H3. The Hall–Kier alpha value is -10.2. The molecule has 11 aromatic rings. The molecule has 2 heterocycles. The van der Waals surface area contributed by atoms with Crippen molar-refractivity contribution < 1.29 is 13.2 Å². The molecule has 2 aromatic heterocycles. The van der Waals surface area contributed by atoms with E-state index in [1.54, 1.807) is 55.5 Å². The minimum absolute atomic E-state index is 0.355. The van der Waals surface area contributed by atoms with Crippen LogP contribution in [0.1, 0.15) is 27.8 Å². The van der Waals surface area contributed by atoms with Gasteiger partial charge in [-0.05, 0) is 131 Å². The van der Waals surface area contributed by atoms with Gasteiger partial charge in [0.05, 0.1) is 87.0 Å². The SMILES string of the molecule is [C-]#[N+]c1ccc(-c2ccc3c(c2)c2ccccc2n3-c2ccc(C#N)cc2-c2ccc(-c3cc(C)cc(C(F)(F)F)c3)cc2-n2c3ccccc3c3cc(-c4ccc(C#N)cc4C#N)ccc32)c([N+]#[C-])c1. The largest absolute Gasteiger partial charge is 0.416 e. The second-order valence-corrected chi connectivity index (χ2v) is 17.2. The summed E-state index contributed by atoms with van der Waals surface area (Å²) in [6.45, 7) is 17.1. The predicted molar refractivity (Wildman–Crippen MR) is 273 cm³/mol. The Morgan fingerprint density at radius 3 is 1.66 bits per heavy atom.